The molecule has 2 heterocycles. The van der Waals surface area contributed by atoms with E-state index in [0.717, 1.165) is 55.1 Å². The number of benzene rings is 7. The highest BCUT2D eigenvalue weighted by Crippen LogP contribution is 2.37. The molecule has 0 aliphatic heterocycles. The Kier molecular flexibility index (Phi) is 5.78. The fourth-order valence-electron chi connectivity index (χ4n) is 6.25. The number of para-hydroxylation sites is 1. The van der Waals surface area contributed by atoms with E-state index in [9.17, 15) is 0 Å². The molecule has 0 aliphatic rings. The second-order valence-electron chi connectivity index (χ2n) is 11.3. The highest BCUT2D eigenvalue weighted by Gasteiger charge is 2.18. The van der Waals surface area contributed by atoms with Gasteiger partial charge in [0.05, 0.1) is 0 Å². The number of hydrogen-bond acceptors (Lipinski definition) is 4. The Morgan fingerprint density at radius 3 is 1.67 bits per heavy atom. The van der Waals surface area contributed by atoms with Crippen LogP contribution in [0.4, 0.5) is 0 Å². The molecule has 0 fully saturated rings. The van der Waals surface area contributed by atoms with Crippen LogP contribution >= 0.6 is 0 Å². The summed E-state index contributed by atoms with van der Waals surface area (Å²) in [5.41, 5.74) is 6.68. The summed E-state index contributed by atoms with van der Waals surface area (Å²) in [6.07, 6.45) is 0. The monoisotopic (exact) mass is 575 g/mol. The standard InChI is InChI=1S/C41H25N3O/c1-3-11-28-23-31(21-19-26(28)9-1)30-13-7-14-32(25-30)39-42-40(33-22-20-27-10-2-4-12-29(27)24-33)44-41(43-39)35-16-8-18-37-38(35)34-15-5-6-17-36(34)45-37/h1-25H. The predicted molar refractivity (Wildman–Crippen MR) is 184 cm³/mol. The van der Waals surface area contributed by atoms with Gasteiger partial charge in [0, 0.05) is 27.5 Å². The van der Waals surface area contributed by atoms with Crippen molar-refractivity contribution in [3.8, 4) is 45.3 Å². The van der Waals surface area contributed by atoms with Crippen LogP contribution in [0.5, 0.6) is 0 Å². The summed E-state index contributed by atoms with van der Waals surface area (Å²) < 4.78 is 6.22. The fraction of sp³-hybridized carbons (Fsp3) is 0. The Balaban J connectivity index is 1.26. The first-order valence-electron chi connectivity index (χ1n) is 15.0. The zero-order valence-corrected chi connectivity index (χ0v) is 24.2. The van der Waals surface area contributed by atoms with Crippen LogP contribution in [0.25, 0.3) is 88.8 Å². The summed E-state index contributed by atoms with van der Waals surface area (Å²) in [4.78, 5) is 15.3. The van der Waals surface area contributed by atoms with Gasteiger partial charge in [-0.3, -0.25) is 0 Å². The van der Waals surface area contributed by atoms with Gasteiger partial charge in [-0.15, -0.1) is 0 Å². The van der Waals surface area contributed by atoms with Crippen LogP contribution in [-0.4, -0.2) is 15.0 Å². The summed E-state index contributed by atoms with van der Waals surface area (Å²) in [6.45, 7) is 0. The lowest BCUT2D eigenvalue weighted by atomic mass is 9.99. The lowest BCUT2D eigenvalue weighted by Gasteiger charge is -2.11. The Hall–Kier alpha value is -6.13. The maximum Gasteiger partial charge on any atom is 0.164 e. The van der Waals surface area contributed by atoms with Gasteiger partial charge in [0.1, 0.15) is 11.2 Å². The van der Waals surface area contributed by atoms with E-state index in [1.807, 2.05) is 30.3 Å². The molecule has 0 saturated heterocycles. The van der Waals surface area contributed by atoms with E-state index in [0.29, 0.717) is 17.5 Å². The van der Waals surface area contributed by atoms with E-state index in [-0.39, 0.29) is 0 Å². The molecule has 9 aromatic rings. The topological polar surface area (TPSA) is 51.8 Å². The maximum absolute atomic E-state index is 6.22. The molecule has 2 aromatic heterocycles. The third-order valence-electron chi connectivity index (χ3n) is 8.49. The van der Waals surface area contributed by atoms with Crippen molar-refractivity contribution >= 4 is 43.5 Å². The van der Waals surface area contributed by atoms with E-state index in [1.54, 1.807) is 0 Å². The lowest BCUT2D eigenvalue weighted by Crippen LogP contribution is -2.00. The van der Waals surface area contributed by atoms with Crippen molar-refractivity contribution in [2.24, 2.45) is 0 Å². The molecule has 0 N–H and O–H groups in total. The molecule has 0 saturated carbocycles. The van der Waals surface area contributed by atoms with Gasteiger partial charge in [0.2, 0.25) is 0 Å². The van der Waals surface area contributed by atoms with Gasteiger partial charge in [-0.05, 0) is 63.0 Å². The lowest BCUT2D eigenvalue weighted by molar-refractivity contribution is 0.669. The fourth-order valence-corrected chi connectivity index (χ4v) is 6.25. The number of aromatic nitrogens is 3. The second-order valence-corrected chi connectivity index (χ2v) is 11.3. The Morgan fingerprint density at radius 2 is 0.889 bits per heavy atom. The highest BCUT2D eigenvalue weighted by atomic mass is 16.3. The molecule has 0 aliphatic carbocycles. The highest BCUT2D eigenvalue weighted by molar-refractivity contribution is 6.11. The average molecular weight is 576 g/mol. The summed E-state index contributed by atoms with van der Waals surface area (Å²) >= 11 is 0. The van der Waals surface area contributed by atoms with Gasteiger partial charge in [-0.25, -0.2) is 15.0 Å². The van der Waals surface area contributed by atoms with Crippen molar-refractivity contribution in [2.75, 3.05) is 0 Å². The minimum absolute atomic E-state index is 0.608. The van der Waals surface area contributed by atoms with Gasteiger partial charge in [-0.1, -0.05) is 121 Å². The molecule has 0 radical (unpaired) electrons. The third kappa shape index (κ3) is 4.43. The van der Waals surface area contributed by atoms with Crippen molar-refractivity contribution in [2.45, 2.75) is 0 Å². The number of nitrogens with zero attached hydrogens (tertiary/aromatic N) is 3. The number of rotatable bonds is 4. The quantitative estimate of drug-likeness (QED) is 0.209. The molecule has 9 rings (SSSR count). The van der Waals surface area contributed by atoms with E-state index in [4.69, 9.17) is 19.4 Å². The second kappa shape index (κ2) is 10.2. The number of fused-ring (bicyclic) bond motifs is 5. The van der Waals surface area contributed by atoms with E-state index < -0.39 is 0 Å². The van der Waals surface area contributed by atoms with Crippen LogP contribution in [0.1, 0.15) is 0 Å². The maximum atomic E-state index is 6.22. The minimum Gasteiger partial charge on any atom is -0.456 e. The van der Waals surface area contributed by atoms with Crippen LogP contribution < -0.4 is 0 Å². The Labute approximate surface area is 259 Å². The molecular formula is C41H25N3O. The molecule has 7 aromatic carbocycles. The predicted octanol–water partition coefficient (Wildman–Crippen LogP) is 10.7. The molecule has 45 heavy (non-hydrogen) atoms. The van der Waals surface area contributed by atoms with E-state index in [1.165, 1.54) is 16.2 Å². The normalized spacial score (nSPS) is 11.6. The molecule has 0 bridgehead atoms. The molecular weight excluding hydrogens is 550 g/mol. The van der Waals surface area contributed by atoms with Crippen LogP contribution in [0.3, 0.4) is 0 Å². The van der Waals surface area contributed by atoms with Crippen LogP contribution in [0.2, 0.25) is 0 Å². The van der Waals surface area contributed by atoms with Gasteiger partial charge < -0.3 is 4.42 Å². The van der Waals surface area contributed by atoms with Gasteiger partial charge >= 0.3 is 0 Å². The SMILES string of the molecule is c1cc(-c2ccc3ccccc3c2)cc(-c2nc(-c3ccc4ccccc4c3)nc(-c3cccc4oc5ccccc5c34)n2)c1. The molecule has 4 heteroatoms. The molecule has 0 spiro atoms. The largest absolute Gasteiger partial charge is 0.456 e. The molecule has 210 valence electrons. The average Bonchev–Trinajstić information content (AvgIpc) is 3.50. The van der Waals surface area contributed by atoms with E-state index >= 15 is 0 Å². The van der Waals surface area contributed by atoms with Crippen LogP contribution in [0, 0.1) is 0 Å². The van der Waals surface area contributed by atoms with Gasteiger partial charge in [0.15, 0.2) is 17.5 Å². The van der Waals surface area contributed by atoms with Crippen molar-refractivity contribution in [1.82, 2.24) is 15.0 Å². The first-order chi connectivity index (χ1) is 22.3. The van der Waals surface area contributed by atoms with Crippen LogP contribution in [-0.2, 0) is 0 Å². The summed E-state index contributed by atoms with van der Waals surface area (Å²) in [7, 11) is 0. The molecule has 0 atom stereocenters. The first kappa shape index (κ1) is 25.4. The Bertz CT molecular complexity index is 2560. The van der Waals surface area contributed by atoms with Gasteiger partial charge in [0.25, 0.3) is 0 Å². The summed E-state index contributed by atoms with van der Waals surface area (Å²) in [5, 5.41) is 6.78. The zero-order chi connectivity index (χ0) is 29.7. The molecule has 0 unspecified atom stereocenters. The van der Waals surface area contributed by atoms with Crippen molar-refractivity contribution in [3.05, 3.63) is 152 Å². The molecule has 0 amide bonds. The summed E-state index contributed by atoms with van der Waals surface area (Å²) in [5.74, 6) is 1.86. The van der Waals surface area contributed by atoms with E-state index in [2.05, 4.69) is 121 Å². The first-order valence-corrected chi connectivity index (χ1v) is 15.0. The molecule has 4 nitrogen and oxygen atoms in total. The number of hydrogen-bond donors (Lipinski definition) is 0. The van der Waals surface area contributed by atoms with Crippen molar-refractivity contribution < 1.29 is 4.42 Å². The van der Waals surface area contributed by atoms with Crippen LogP contribution in [0.15, 0.2) is 156 Å². The van der Waals surface area contributed by atoms with Gasteiger partial charge in [-0.2, -0.15) is 0 Å². The number of furan rings is 1. The van der Waals surface area contributed by atoms with Crippen molar-refractivity contribution in [1.29, 1.82) is 0 Å². The Morgan fingerprint density at radius 1 is 0.356 bits per heavy atom. The van der Waals surface area contributed by atoms with Crippen molar-refractivity contribution in [3.63, 3.8) is 0 Å². The zero-order valence-electron chi connectivity index (χ0n) is 24.2. The summed E-state index contributed by atoms with van der Waals surface area (Å²) in [6, 6.07) is 52.3. The third-order valence-corrected chi connectivity index (χ3v) is 8.49. The minimum atomic E-state index is 0.608. The smallest absolute Gasteiger partial charge is 0.164 e.